The van der Waals surface area contributed by atoms with E-state index in [1.807, 2.05) is 48.3 Å². The highest BCUT2D eigenvalue weighted by Gasteiger charge is 2.14. The van der Waals surface area contributed by atoms with Crippen LogP contribution in [0.15, 0.2) is 66.7 Å². The van der Waals surface area contributed by atoms with Gasteiger partial charge in [0, 0.05) is 29.7 Å². The first-order valence-corrected chi connectivity index (χ1v) is 8.98. The summed E-state index contributed by atoms with van der Waals surface area (Å²) in [6.07, 6.45) is 0.825. The predicted octanol–water partition coefficient (Wildman–Crippen LogP) is 4.81. The summed E-state index contributed by atoms with van der Waals surface area (Å²) >= 11 is 0. The van der Waals surface area contributed by atoms with Crippen LogP contribution in [0.3, 0.4) is 0 Å². The number of carbonyl (C=O) groups is 2. The highest BCUT2D eigenvalue weighted by atomic mass is 16.5. The predicted molar refractivity (Wildman–Crippen MR) is 114 cm³/mol. The van der Waals surface area contributed by atoms with Gasteiger partial charge in [-0.15, -0.1) is 0 Å². The van der Waals surface area contributed by atoms with E-state index < -0.39 is 5.97 Å². The number of esters is 1. The molecule has 0 saturated carbocycles. The zero-order valence-electron chi connectivity index (χ0n) is 16.5. The van der Waals surface area contributed by atoms with Crippen LogP contribution in [0.25, 0.3) is 0 Å². The van der Waals surface area contributed by atoms with Crippen molar-refractivity contribution in [2.45, 2.75) is 0 Å². The first-order valence-electron chi connectivity index (χ1n) is 8.98. The first kappa shape index (κ1) is 19.9. The Morgan fingerprint density at radius 3 is 2.10 bits per heavy atom. The normalized spacial score (nSPS) is 10.2. The van der Waals surface area contributed by atoms with Gasteiger partial charge >= 0.3 is 5.97 Å². The number of benzene rings is 3. The molecule has 0 amide bonds. The number of carbonyl (C=O) groups excluding carboxylic acids is 2. The number of hydrogen-bond acceptors (Lipinski definition) is 6. The van der Waals surface area contributed by atoms with Gasteiger partial charge in [0.15, 0.2) is 0 Å². The van der Waals surface area contributed by atoms with Crippen molar-refractivity contribution in [1.82, 2.24) is 0 Å². The van der Waals surface area contributed by atoms with E-state index in [0.29, 0.717) is 22.6 Å². The van der Waals surface area contributed by atoms with Crippen LogP contribution >= 0.6 is 0 Å². The van der Waals surface area contributed by atoms with E-state index in [9.17, 15) is 9.59 Å². The van der Waals surface area contributed by atoms with Gasteiger partial charge in [-0.1, -0.05) is 0 Å². The molecule has 3 aromatic rings. The molecular formula is C23H22N2O4. The Morgan fingerprint density at radius 1 is 0.931 bits per heavy atom. The molecule has 3 rings (SSSR count). The third kappa shape index (κ3) is 4.55. The Bertz CT molecular complexity index is 998. The number of methoxy groups -OCH3 is 2. The number of nitrogens with zero attached hydrogens (tertiary/aromatic N) is 1. The van der Waals surface area contributed by atoms with Crippen LogP contribution in [-0.2, 0) is 4.74 Å². The van der Waals surface area contributed by atoms with Crippen molar-refractivity contribution in [1.29, 1.82) is 0 Å². The van der Waals surface area contributed by atoms with E-state index in [-0.39, 0.29) is 0 Å². The smallest absolute Gasteiger partial charge is 0.340 e. The number of aldehydes is 1. The molecule has 0 unspecified atom stereocenters. The lowest BCUT2D eigenvalue weighted by molar-refractivity contribution is 0.0601. The second-order valence-corrected chi connectivity index (χ2v) is 6.34. The van der Waals surface area contributed by atoms with Crippen LogP contribution in [0.5, 0.6) is 5.75 Å². The molecule has 0 fully saturated rings. The van der Waals surface area contributed by atoms with Gasteiger partial charge in [-0.25, -0.2) is 4.79 Å². The van der Waals surface area contributed by atoms with Gasteiger partial charge < -0.3 is 19.7 Å². The van der Waals surface area contributed by atoms with Crippen molar-refractivity contribution in [3.05, 3.63) is 77.9 Å². The van der Waals surface area contributed by atoms with E-state index >= 15 is 0 Å². The highest BCUT2D eigenvalue weighted by molar-refractivity contribution is 5.97. The topological polar surface area (TPSA) is 67.9 Å². The molecule has 29 heavy (non-hydrogen) atoms. The second kappa shape index (κ2) is 8.93. The Labute approximate surface area is 169 Å². The van der Waals surface area contributed by atoms with E-state index in [1.54, 1.807) is 37.4 Å². The Kier molecular flexibility index (Phi) is 6.14. The molecular weight excluding hydrogens is 368 g/mol. The summed E-state index contributed by atoms with van der Waals surface area (Å²) in [7, 11) is 4.85. The van der Waals surface area contributed by atoms with Crippen molar-refractivity contribution >= 4 is 35.0 Å². The number of nitrogens with one attached hydrogen (secondary N) is 1. The summed E-state index contributed by atoms with van der Waals surface area (Å²) in [6.45, 7) is 0. The van der Waals surface area contributed by atoms with Gasteiger partial charge in [0.25, 0.3) is 0 Å². The SMILES string of the molecule is COC(=O)c1cc(OC)ccc1Nc1ccc(N(C)c2ccc(C=O)cc2)cc1. The molecule has 0 radical (unpaired) electrons. The molecule has 3 aromatic carbocycles. The molecule has 0 saturated heterocycles. The first-order chi connectivity index (χ1) is 14.0. The molecule has 0 bridgehead atoms. The van der Waals surface area contributed by atoms with Gasteiger partial charge in [-0.3, -0.25) is 4.79 Å². The minimum absolute atomic E-state index is 0.392. The summed E-state index contributed by atoms with van der Waals surface area (Å²) in [5, 5.41) is 3.25. The fraction of sp³-hybridized carbons (Fsp3) is 0.130. The third-order valence-electron chi connectivity index (χ3n) is 4.58. The Morgan fingerprint density at radius 2 is 1.55 bits per heavy atom. The number of ether oxygens (including phenoxy) is 2. The van der Waals surface area contributed by atoms with Crippen molar-refractivity contribution in [3.63, 3.8) is 0 Å². The lowest BCUT2D eigenvalue weighted by Gasteiger charge is -2.20. The van der Waals surface area contributed by atoms with E-state index in [1.165, 1.54) is 7.11 Å². The molecule has 0 spiro atoms. The van der Waals surface area contributed by atoms with Gasteiger partial charge in [0.1, 0.15) is 12.0 Å². The van der Waals surface area contributed by atoms with Crippen molar-refractivity contribution in [3.8, 4) is 5.75 Å². The van der Waals surface area contributed by atoms with Crippen molar-refractivity contribution < 1.29 is 19.1 Å². The quantitative estimate of drug-likeness (QED) is 0.461. The minimum atomic E-state index is -0.443. The van der Waals surface area contributed by atoms with E-state index in [4.69, 9.17) is 9.47 Å². The fourth-order valence-corrected chi connectivity index (χ4v) is 2.89. The summed E-state index contributed by atoms with van der Waals surface area (Å²) in [5.41, 5.74) is 4.44. The van der Waals surface area contributed by atoms with Crippen LogP contribution in [0, 0.1) is 0 Å². The van der Waals surface area contributed by atoms with Gasteiger partial charge in [-0.2, -0.15) is 0 Å². The van der Waals surface area contributed by atoms with E-state index in [2.05, 4.69) is 5.32 Å². The van der Waals surface area contributed by atoms with E-state index in [0.717, 1.165) is 23.3 Å². The average Bonchev–Trinajstić information content (AvgIpc) is 2.79. The molecule has 0 aliphatic heterocycles. The monoisotopic (exact) mass is 390 g/mol. The summed E-state index contributed by atoms with van der Waals surface area (Å²) < 4.78 is 10.1. The molecule has 0 atom stereocenters. The highest BCUT2D eigenvalue weighted by Crippen LogP contribution is 2.29. The average molecular weight is 390 g/mol. The second-order valence-electron chi connectivity index (χ2n) is 6.34. The molecule has 0 aliphatic rings. The van der Waals surface area contributed by atoms with Gasteiger partial charge in [0.2, 0.25) is 0 Å². The lowest BCUT2D eigenvalue weighted by Crippen LogP contribution is -2.09. The number of anilines is 4. The van der Waals surface area contributed by atoms with Crippen molar-refractivity contribution in [2.24, 2.45) is 0 Å². The number of rotatable bonds is 7. The van der Waals surface area contributed by atoms with Crippen LogP contribution in [0.1, 0.15) is 20.7 Å². The molecule has 1 N–H and O–H groups in total. The fourth-order valence-electron chi connectivity index (χ4n) is 2.89. The molecule has 148 valence electrons. The standard InChI is InChI=1S/C23H22N2O4/c1-25(18-8-4-16(15-26)5-9-18)19-10-6-17(7-11-19)24-22-13-12-20(28-2)14-21(22)23(27)29-3/h4-15,24H,1-3H3. The minimum Gasteiger partial charge on any atom is -0.497 e. The third-order valence-corrected chi connectivity index (χ3v) is 4.58. The molecule has 0 aliphatic carbocycles. The summed E-state index contributed by atoms with van der Waals surface area (Å²) in [4.78, 5) is 24.9. The Hall–Kier alpha value is -3.80. The van der Waals surface area contributed by atoms with Crippen LogP contribution < -0.4 is 15.0 Å². The Balaban J connectivity index is 1.80. The summed E-state index contributed by atoms with van der Waals surface area (Å²) in [6, 6.07) is 20.4. The van der Waals surface area contributed by atoms with Gasteiger partial charge in [0.05, 0.1) is 25.5 Å². The molecule has 0 aromatic heterocycles. The maximum absolute atomic E-state index is 12.1. The van der Waals surface area contributed by atoms with Gasteiger partial charge in [-0.05, 0) is 66.7 Å². The summed E-state index contributed by atoms with van der Waals surface area (Å²) in [5.74, 6) is 0.134. The van der Waals surface area contributed by atoms with Crippen molar-refractivity contribution in [2.75, 3.05) is 31.5 Å². The molecule has 0 heterocycles. The van der Waals surface area contributed by atoms with Crippen LogP contribution in [-0.4, -0.2) is 33.5 Å². The van der Waals surface area contributed by atoms with Crippen LogP contribution in [0.4, 0.5) is 22.7 Å². The molecule has 6 nitrogen and oxygen atoms in total. The maximum atomic E-state index is 12.1. The zero-order valence-corrected chi connectivity index (χ0v) is 16.5. The lowest BCUT2D eigenvalue weighted by atomic mass is 10.1. The number of hydrogen-bond donors (Lipinski definition) is 1. The largest absolute Gasteiger partial charge is 0.497 e. The zero-order chi connectivity index (χ0) is 20.8. The van der Waals surface area contributed by atoms with Crippen LogP contribution in [0.2, 0.25) is 0 Å². The maximum Gasteiger partial charge on any atom is 0.340 e. The molecule has 6 heteroatoms.